The number of para-hydroxylation sites is 1. The monoisotopic (exact) mass is 424 g/mol. The number of aromatic nitrogens is 1. The summed E-state index contributed by atoms with van der Waals surface area (Å²) in [7, 11) is -4.01. The van der Waals surface area contributed by atoms with E-state index in [1.165, 1.54) is 30.3 Å². The average molecular weight is 424 g/mol. The van der Waals surface area contributed by atoms with Gasteiger partial charge in [-0.05, 0) is 48.5 Å². The van der Waals surface area contributed by atoms with Gasteiger partial charge in [0.15, 0.2) is 12.4 Å². The third-order valence-corrected chi connectivity index (χ3v) is 5.30. The van der Waals surface area contributed by atoms with Gasteiger partial charge in [-0.1, -0.05) is 30.3 Å². The van der Waals surface area contributed by atoms with Crippen molar-refractivity contribution in [2.24, 2.45) is 5.14 Å². The Morgan fingerprint density at radius 2 is 1.60 bits per heavy atom. The van der Waals surface area contributed by atoms with E-state index in [9.17, 15) is 12.8 Å². The molecule has 4 aromatic rings. The molecule has 0 amide bonds. The highest BCUT2D eigenvalue weighted by molar-refractivity contribution is 7.89. The molecule has 0 saturated carbocycles. The molecule has 0 aliphatic rings. The number of nitrogens with two attached hydrogens (primary N) is 1. The fraction of sp³-hybridized carbons (Fsp3) is 0.0455. The summed E-state index contributed by atoms with van der Waals surface area (Å²) < 4.78 is 49.1. The number of hydrogen-bond acceptors (Lipinski definition) is 5. The molecular weight excluding hydrogens is 407 g/mol. The van der Waals surface area contributed by atoms with Crippen molar-refractivity contribution in [1.82, 2.24) is 4.98 Å². The zero-order valence-electron chi connectivity index (χ0n) is 15.7. The summed E-state index contributed by atoms with van der Waals surface area (Å²) in [5.41, 5.74) is 1.18. The number of ether oxygens (including phenoxy) is 1. The minimum Gasteiger partial charge on any atom is -0.484 e. The van der Waals surface area contributed by atoms with Gasteiger partial charge in [-0.15, -0.1) is 0 Å². The molecule has 3 aromatic carbocycles. The van der Waals surface area contributed by atoms with Crippen LogP contribution >= 0.6 is 0 Å². The van der Waals surface area contributed by atoms with Crippen LogP contribution in [0.25, 0.3) is 22.6 Å². The van der Waals surface area contributed by atoms with Gasteiger partial charge in [0.2, 0.25) is 15.9 Å². The highest BCUT2D eigenvalue weighted by Gasteiger charge is 2.23. The molecule has 30 heavy (non-hydrogen) atoms. The van der Waals surface area contributed by atoms with Gasteiger partial charge in [0.25, 0.3) is 0 Å². The molecule has 0 saturated heterocycles. The summed E-state index contributed by atoms with van der Waals surface area (Å²) in [4.78, 5) is 4.38. The standard InChI is InChI=1S/C22H17FN2O4S/c23-16-12-10-15(11-13-16)21-22(18-8-4-5-9-19(18)30(24,26)27)29-20(25-21)14-28-17-6-2-1-3-7-17/h1-13H,14H2,(H2,24,26,27). The van der Waals surface area contributed by atoms with Gasteiger partial charge in [-0.3, -0.25) is 0 Å². The van der Waals surface area contributed by atoms with Crippen LogP contribution in [-0.2, 0) is 16.6 Å². The van der Waals surface area contributed by atoms with Gasteiger partial charge < -0.3 is 9.15 Å². The second-order valence-corrected chi connectivity index (χ2v) is 7.96. The van der Waals surface area contributed by atoms with Gasteiger partial charge in [-0.25, -0.2) is 22.9 Å². The Kier molecular flexibility index (Phi) is 5.35. The molecule has 0 aliphatic carbocycles. The normalized spacial score (nSPS) is 11.4. The second kappa shape index (κ2) is 8.10. The zero-order chi connectivity index (χ0) is 21.1. The first-order valence-corrected chi connectivity index (χ1v) is 10.5. The number of halogens is 1. The maximum absolute atomic E-state index is 13.4. The molecule has 0 spiro atoms. The molecule has 4 rings (SSSR count). The lowest BCUT2D eigenvalue weighted by Gasteiger charge is -2.07. The van der Waals surface area contributed by atoms with E-state index in [-0.39, 0.29) is 28.7 Å². The van der Waals surface area contributed by atoms with E-state index in [2.05, 4.69) is 4.98 Å². The predicted octanol–water partition coefficient (Wildman–Crippen LogP) is 4.37. The van der Waals surface area contributed by atoms with Crippen molar-refractivity contribution in [2.45, 2.75) is 11.5 Å². The third-order valence-electron chi connectivity index (χ3n) is 4.33. The quantitative estimate of drug-likeness (QED) is 0.496. The molecule has 6 nitrogen and oxygen atoms in total. The largest absolute Gasteiger partial charge is 0.484 e. The number of oxazole rings is 1. The number of hydrogen-bond donors (Lipinski definition) is 1. The molecule has 1 aromatic heterocycles. The molecule has 0 atom stereocenters. The minimum absolute atomic E-state index is 0.0236. The number of nitrogens with zero attached hydrogens (tertiary/aromatic N) is 1. The van der Waals surface area contributed by atoms with E-state index in [0.29, 0.717) is 17.0 Å². The Labute approximate surface area is 172 Å². The lowest BCUT2D eigenvalue weighted by atomic mass is 10.1. The SMILES string of the molecule is NS(=O)(=O)c1ccccc1-c1oc(COc2ccccc2)nc1-c1ccc(F)cc1. The molecule has 152 valence electrons. The van der Waals surface area contributed by atoms with Crippen molar-refractivity contribution in [3.05, 3.63) is 90.6 Å². The van der Waals surface area contributed by atoms with Crippen LogP contribution in [-0.4, -0.2) is 13.4 Å². The third kappa shape index (κ3) is 4.24. The van der Waals surface area contributed by atoms with Crippen LogP contribution < -0.4 is 9.88 Å². The predicted molar refractivity (Wildman–Crippen MR) is 109 cm³/mol. The Bertz CT molecular complexity index is 1270. The van der Waals surface area contributed by atoms with Crippen molar-refractivity contribution in [2.75, 3.05) is 0 Å². The molecule has 0 unspecified atom stereocenters. The van der Waals surface area contributed by atoms with Gasteiger partial charge >= 0.3 is 0 Å². The van der Waals surface area contributed by atoms with Crippen molar-refractivity contribution >= 4 is 10.0 Å². The summed E-state index contributed by atoms with van der Waals surface area (Å²) in [6.07, 6.45) is 0. The first-order chi connectivity index (χ1) is 14.4. The van der Waals surface area contributed by atoms with Crippen LogP contribution in [0.1, 0.15) is 5.89 Å². The Morgan fingerprint density at radius 1 is 0.933 bits per heavy atom. The van der Waals surface area contributed by atoms with Crippen LogP contribution in [0.5, 0.6) is 5.75 Å². The lowest BCUT2D eigenvalue weighted by molar-refractivity contribution is 0.264. The molecule has 0 fully saturated rings. The van der Waals surface area contributed by atoms with E-state index >= 15 is 0 Å². The maximum atomic E-state index is 13.4. The number of sulfonamides is 1. The average Bonchev–Trinajstić information content (AvgIpc) is 3.17. The van der Waals surface area contributed by atoms with Crippen molar-refractivity contribution in [1.29, 1.82) is 0 Å². The van der Waals surface area contributed by atoms with Gasteiger partial charge in [-0.2, -0.15) is 0 Å². The van der Waals surface area contributed by atoms with Crippen LogP contribution in [0.4, 0.5) is 4.39 Å². The van der Waals surface area contributed by atoms with E-state index in [1.54, 1.807) is 30.3 Å². The van der Waals surface area contributed by atoms with E-state index in [0.717, 1.165) is 0 Å². The first-order valence-electron chi connectivity index (χ1n) is 8.97. The molecule has 1 heterocycles. The van der Waals surface area contributed by atoms with Crippen molar-refractivity contribution < 1.29 is 22.0 Å². The minimum atomic E-state index is -4.01. The Balaban J connectivity index is 1.81. The van der Waals surface area contributed by atoms with E-state index in [4.69, 9.17) is 14.3 Å². The molecular formula is C22H17FN2O4S. The summed E-state index contributed by atoms with van der Waals surface area (Å²) in [6, 6.07) is 21.0. The van der Waals surface area contributed by atoms with Gasteiger partial charge in [0, 0.05) is 11.1 Å². The highest BCUT2D eigenvalue weighted by Crippen LogP contribution is 2.36. The summed E-state index contributed by atoms with van der Waals surface area (Å²) in [5, 5.41) is 5.38. The van der Waals surface area contributed by atoms with Crippen molar-refractivity contribution in [3.63, 3.8) is 0 Å². The van der Waals surface area contributed by atoms with E-state index < -0.39 is 15.8 Å². The molecule has 2 N–H and O–H groups in total. The Morgan fingerprint density at radius 3 is 2.30 bits per heavy atom. The fourth-order valence-electron chi connectivity index (χ4n) is 2.98. The highest BCUT2D eigenvalue weighted by atomic mass is 32.2. The second-order valence-electron chi connectivity index (χ2n) is 6.44. The van der Waals surface area contributed by atoms with Gasteiger partial charge in [0.05, 0.1) is 4.90 Å². The first kappa shape index (κ1) is 19.8. The van der Waals surface area contributed by atoms with Crippen LogP contribution in [0.3, 0.4) is 0 Å². The van der Waals surface area contributed by atoms with E-state index in [1.807, 2.05) is 18.2 Å². The molecule has 8 heteroatoms. The molecule has 0 bridgehead atoms. The van der Waals surface area contributed by atoms with Crippen LogP contribution in [0, 0.1) is 5.82 Å². The van der Waals surface area contributed by atoms with Crippen LogP contribution in [0.2, 0.25) is 0 Å². The number of rotatable bonds is 6. The van der Waals surface area contributed by atoms with Gasteiger partial charge in [0.1, 0.15) is 17.3 Å². The Hall–Kier alpha value is -3.49. The lowest BCUT2D eigenvalue weighted by Crippen LogP contribution is -2.13. The molecule has 0 aliphatic heterocycles. The smallest absolute Gasteiger partial charge is 0.238 e. The maximum Gasteiger partial charge on any atom is 0.238 e. The number of benzene rings is 3. The zero-order valence-corrected chi connectivity index (χ0v) is 16.5. The summed E-state index contributed by atoms with van der Waals surface area (Å²) >= 11 is 0. The van der Waals surface area contributed by atoms with Crippen LogP contribution in [0.15, 0.2) is 88.2 Å². The number of primary sulfonamides is 1. The molecule has 0 radical (unpaired) electrons. The fourth-order valence-corrected chi connectivity index (χ4v) is 3.71. The topological polar surface area (TPSA) is 95.4 Å². The van der Waals surface area contributed by atoms with Crippen molar-refractivity contribution in [3.8, 4) is 28.3 Å². The summed E-state index contributed by atoms with van der Waals surface area (Å²) in [5.74, 6) is 0.669. The summed E-state index contributed by atoms with van der Waals surface area (Å²) in [6.45, 7) is 0.0236.